The molecule has 0 saturated carbocycles. The molecule has 5 nitrogen and oxygen atoms in total. The van der Waals surface area contributed by atoms with Crippen LogP contribution >= 0.6 is 11.3 Å². The van der Waals surface area contributed by atoms with Crippen molar-refractivity contribution < 1.29 is 27.4 Å². The van der Waals surface area contributed by atoms with Gasteiger partial charge in [-0.05, 0) is 18.2 Å². The summed E-state index contributed by atoms with van der Waals surface area (Å²) in [6.07, 6.45) is -2.18. The number of hydrogen-bond acceptors (Lipinski definition) is 6. The van der Waals surface area contributed by atoms with Crippen LogP contribution in [0.5, 0.6) is 11.6 Å². The summed E-state index contributed by atoms with van der Waals surface area (Å²) in [6.45, 7) is 3.04. The fourth-order valence-electron chi connectivity index (χ4n) is 2.20. The summed E-state index contributed by atoms with van der Waals surface area (Å²) < 4.78 is 50.6. The molecule has 9 heteroatoms. The first-order chi connectivity index (χ1) is 13.4. The van der Waals surface area contributed by atoms with Crippen LogP contribution in [0, 0.1) is 0 Å². The molecule has 0 spiro atoms. The van der Waals surface area contributed by atoms with E-state index in [1.54, 1.807) is 36.4 Å². The summed E-state index contributed by atoms with van der Waals surface area (Å²) in [5.41, 5.74) is 0.700. The van der Waals surface area contributed by atoms with Crippen molar-refractivity contribution in [3.63, 3.8) is 0 Å². The van der Waals surface area contributed by atoms with E-state index >= 15 is 0 Å². The zero-order valence-corrected chi connectivity index (χ0v) is 15.1. The maximum Gasteiger partial charge on any atom is 0.430 e. The van der Waals surface area contributed by atoms with Crippen LogP contribution in [0.1, 0.15) is 10.4 Å². The molecule has 0 aliphatic heterocycles. The van der Waals surface area contributed by atoms with E-state index < -0.39 is 22.9 Å². The molecule has 0 amide bonds. The van der Waals surface area contributed by atoms with Crippen molar-refractivity contribution in [3.05, 3.63) is 71.8 Å². The molecule has 0 radical (unpaired) electrons. The van der Waals surface area contributed by atoms with Crippen LogP contribution in [0.3, 0.4) is 0 Å². The fourth-order valence-corrected chi connectivity index (χ4v) is 3.06. The molecular weight excluding hydrogens is 393 g/mol. The third kappa shape index (κ3) is 4.55. The molecule has 0 saturated heterocycles. The molecule has 28 heavy (non-hydrogen) atoms. The third-order valence-corrected chi connectivity index (χ3v) is 4.56. The first kappa shape index (κ1) is 19.6. The normalized spacial score (nSPS) is 11.1. The summed E-state index contributed by atoms with van der Waals surface area (Å²) in [7, 11) is 0. The van der Waals surface area contributed by atoms with E-state index in [4.69, 9.17) is 9.47 Å². The van der Waals surface area contributed by atoms with E-state index in [1.807, 2.05) is 0 Å². The second kappa shape index (κ2) is 8.22. The lowest BCUT2D eigenvalue weighted by atomic mass is 10.2. The molecule has 0 aliphatic carbocycles. The van der Waals surface area contributed by atoms with Gasteiger partial charge < -0.3 is 9.47 Å². The zero-order valence-electron chi connectivity index (χ0n) is 14.3. The number of carbonyl (C=O) groups excluding carboxylic acids is 1. The van der Waals surface area contributed by atoms with E-state index in [1.165, 1.54) is 12.3 Å². The number of esters is 1. The SMILES string of the molecule is C=CC(=O)Oc1ccccc1COc1nc(-c2ccccn2)sc1C(F)(F)F. The van der Waals surface area contributed by atoms with E-state index in [-0.39, 0.29) is 17.4 Å². The molecule has 2 aromatic heterocycles. The Bertz CT molecular complexity index is 988. The number of alkyl halides is 3. The van der Waals surface area contributed by atoms with Crippen molar-refractivity contribution in [2.45, 2.75) is 12.8 Å². The van der Waals surface area contributed by atoms with Gasteiger partial charge in [0.1, 0.15) is 17.4 Å². The Balaban J connectivity index is 1.88. The molecule has 0 aliphatic rings. The number of thiazole rings is 1. The minimum atomic E-state index is -4.63. The largest absolute Gasteiger partial charge is 0.472 e. The number of aromatic nitrogens is 2. The lowest BCUT2D eigenvalue weighted by Gasteiger charge is -2.11. The first-order valence-corrected chi connectivity index (χ1v) is 8.74. The van der Waals surface area contributed by atoms with Crippen LogP contribution in [0.4, 0.5) is 13.2 Å². The maximum absolute atomic E-state index is 13.4. The number of nitrogens with zero attached hydrogens (tertiary/aromatic N) is 2. The van der Waals surface area contributed by atoms with Gasteiger partial charge >= 0.3 is 12.1 Å². The Morgan fingerprint density at radius 2 is 1.93 bits per heavy atom. The number of para-hydroxylation sites is 1. The van der Waals surface area contributed by atoms with Gasteiger partial charge in [-0.15, -0.1) is 11.3 Å². The lowest BCUT2D eigenvalue weighted by molar-refractivity contribution is -0.136. The van der Waals surface area contributed by atoms with Crippen LogP contribution in [0.15, 0.2) is 61.3 Å². The predicted molar refractivity (Wildman–Crippen MR) is 97.0 cm³/mol. The molecule has 1 aromatic carbocycles. The molecule has 0 N–H and O–H groups in total. The molecule has 0 atom stereocenters. The summed E-state index contributed by atoms with van der Waals surface area (Å²) in [5.74, 6) is -1.07. The highest BCUT2D eigenvalue weighted by Crippen LogP contribution is 2.43. The number of halogens is 3. The van der Waals surface area contributed by atoms with Crippen LogP contribution in [-0.2, 0) is 17.6 Å². The Morgan fingerprint density at radius 3 is 2.61 bits per heavy atom. The highest BCUT2D eigenvalue weighted by atomic mass is 32.1. The number of hydrogen-bond donors (Lipinski definition) is 0. The van der Waals surface area contributed by atoms with Gasteiger partial charge in [-0.25, -0.2) is 4.79 Å². The highest BCUT2D eigenvalue weighted by Gasteiger charge is 2.38. The first-order valence-electron chi connectivity index (χ1n) is 7.93. The maximum atomic E-state index is 13.4. The summed E-state index contributed by atoms with van der Waals surface area (Å²) in [5, 5.41) is 0.0919. The van der Waals surface area contributed by atoms with Crippen molar-refractivity contribution in [3.8, 4) is 22.3 Å². The molecule has 3 rings (SSSR count). The minimum absolute atomic E-state index is 0.0919. The van der Waals surface area contributed by atoms with Gasteiger partial charge in [0.05, 0.1) is 5.69 Å². The molecule has 0 bridgehead atoms. The van der Waals surface area contributed by atoms with Gasteiger partial charge in [0.2, 0.25) is 5.88 Å². The zero-order chi connectivity index (χ0) is 20.1. The van der Waals surface area contributed by atoms with Crippen LogP contribution in [-0.4, -0.2) is 15.9 Å². The van der Waals surface area contributed by atoms with Crippen LogP contribution < -0.4 is 9.47 Å². The van der Waals surface area contributed by atoms with E-state index in [0.717, 1.165) is 6.08 Å². The van der Waals surface area contributed by atoms with Gasteiger partial charge in [0.15, 0.2) is 4.88 Å². The summed E-state index contributed by atoms with van der Waals surface area (Å²) in [4.78, 5) is 18.4. The van der Waals surface area contributed by atoms with Crippen molar-refractivity contribution in [1.29, 1.82) is 0 Å². The number of benzene rings is 1. The standard InChI is InChI=1S/C19H13F3N2O3S/c1-2-15(25)27-14-9-4-3-7-12(14)11-26-17-16(19(20,21)22)28-18(24-17)13-8-5-6-10-23-13/h2-10H,1,11H2. The van der Waals surface area contributed by atoms with Crippen LogP contribution in [0.25, 0.3) is 10.7 Å². The Morgan fingerprint density at radius 1 is 1.18 bits per heavy atom. The molecule has 2 heterocycles. The molecule has 144 valence electrons. The average Bonchev–Trinajstić information content (AvgIpc) is 3.13. The van der Waals surface area contributed by atoms with Crippen molar-refractivity contribution in [1.82, 2.24) is 9.97 Å². The Kier molecular flexibility index (Phi) is 5.74. The van der Waals surface area contributed by atoms with Gasteiger partial charge in [-0.1, -0.05) is 30.8 Å². The molecule has 0 fully saturated rings. The smallest absolute Gasteiger partial charge is 0.430 e. The molecule has 0 unspecified atom stereocenters. The van der Waals surface area contributed by atoms with Gasteiger partial charge in [-0.3, -0.25) is 4.98 Å². The quantitative estimate of drug-likeness (QED) is 0.331. The molecule has 3 aromatic rings. The van der Waals surface area contributed by atoms with Crippen molar-refractivity contribution in [2.24, 2.45) is 0 Å². The van der Waals surface area contributed by atoms with E-state index in [2.05, 4.69) is 16.5 Å². The number of rotatable bonds is 6. The third-order valence-electron chi connectivity index (χ3n) is 3.45. The monoisotopic (exact) mass is 406 g/mol. The summed E-state index contributed by atoms with van der Waals surface area (Å²) >= 11 is 0.451. The van der Waals surface area contributed by atoms with Crippen molar-refractivity contribution >= 4 is 17.3 Å². The second-order valence-corrected chi connectivity index (χ2v) is 6.39. The number of ether oxygens (including phenoxy) is 2. The predicted octanol–water partition coefficient (Wildman–Crippen LogP) is 4.89. The lowest BCUT2D eigenvalue weighted by Crippen LogP contribution is -2.09. The Labute approximate surface area is 162 Å². The average molecular weight is 406 g/mol. The van der Waals surface area contributed by atoms with Crippen molar-refractivity contribution in [2.75, 3.05) is 0 Å². The molecular formula is C19H13F3N2O3S. The van der Waals surface area contributed by atoms with E-state index in [9.17, 15) is 18.0 Å². The van der Waals surface area contributed by atoms with Crippen LogP contribution in [0.2, 0.25) is 0 Å². The Hall–Kier alpha value is -3.20. The number of carbonyl (C=O) groups is 1. The van der Waals surface area contributed by atoms with Gasteiger partial charge in [0, 0.05) is 17.8 Å². The summed E-state index contributed by atoms with van der Waals surface area (Å²) in [6, 6.07) is 11.2. The fraction of sp³-hybridized carbons (Fsp3) is 0.105. The highest BCUT2D eigenvalue weighted by molar-refractivity contribution is 7.15. The van der Waals surface area contributed by atoms with Gasteiger partial charge in [0.25, 0.3) is 0 Å². The number of pyridine rings is 1. The second-order valence-electron chi connectivity index (χ2n) is 5.39. The topological polar surface area (TPSA) is 61.3 Å². The van der Waals surface area contributed by atoms with E-state index in [0.29, 0.717) is 22.6 Å². The minimum Gasteiger partial charge on any atom is -0.472 e. The van der Waals surface area contributed by atoms with Gasteiger partial charge in [-0.2, -0.15) is 18.2 Å².